The number of hydrogen-bond acceptors (Lipinski definition) is 5. The molecule has 2 aromatic rings. The van der Waals surface area contributed by atoms with E-state index in [-0.39, 0.29) is 11.1 Å². The van der Waals surface area contributed by atoms with E-state index in [1.165, 1.54) is 12.1 Å². The van der Waals surface area contributed by atoms with Crippen LogP contribution in [0.4, 0.5) is 0 Å². The molecule has 0 saturated heterocycles. The summed E-state index contributed by atoms with van der Waals surface area (Å²) in [7, 11) is -0.805. The van der Waals surface area contributed by atoms with Gasteiger partial charge >= 0.3 is 164 Å². The van der Waals surface area contributed by atoms with Gasteiger partial charge in [0.25, 0.3) is 0 Å². The van der Waals surface area contributed by atoms with E-state index in [0.717, 1.165) is 0 Å². The van der Waals surface area contributed by atoms with Gasteiger partial charge in [-0.3, -0.25) is 0 Å². The van der Waals surface area contributed by atoms with Crippen LogP contribution in [-0.2, 0) is 18.5 Å². The fraction of sp³-hybridized carbons (Fsp3) is 0.211. The third-order valence-corrected chi connectivity index (χ3v) is 6.77. The molecule has 0 heterocycles. The monoisotopic (exact) mass is 453 g/mol. The summed E-state index contributed by atoms with van der Waals surface area (Å²) < 4.78 is 26.4. The number of fused-ring (bicyclic) bond motifs is 1. The Morgan fingerprint density at radius 3 is 1.93 bits per heavy atom. The first-order valence-corrected chi connectivity index (χ1v) is 12.2. The topological polar surface area (TPSA) is 97.7 Å². The number of carbonyl (C=O) groups excluding carboxylic acids is 3. The van der Waals surface area contributed by atoms with Crippen LogP contribution in [0.2, 0.25) is 0 Å². The van der Waals surface area contributed by atoms with E-state index < -0.39 is 53.6 Å². The molecule has 2 aromatic carbocycles. The summed E-state index contributed by atoms with van der Waals surface area (Å²) in [5.74, 6) is -1.94. The van der Waals surface area contributed by atoms with Gasteiger partial charge in [-0.05, 0) is 0 Å². The summed E-state index contributed by atoms with van der Waals surface area (Å²) in [5, 5.41) is -1.21. The Balaban J connectivity index is 2.22. The molecule has 1 aliphatic rings. The second-order valence-electron chi connectivity index (χ2n) is 6.23. The van der Waals surface area contributed by atoms with Crippen LogP contribution in [0.1, 0.15) is 31.1 Å². The van der Waals surface area contributed by atoms with Gasteiger partial charge < -0.3 is 0 Å². The molecule has 140 valence electrons. The van der Waals surface area contributed by atoms with Gasteiger partial charge in [0.1, 0.15) is 0 Å². The molecule has 0 aromatic heterocycles. The van der Waals surface area contributed by atoms with Gasteiger partial charge in [-0.25, -0.2) is 0 Å². The SMILES string of the molecule is C[S+](C)C(C(=O)c1ccccc1)C1(O[Se](=O)O)C(=O)c2ccccc2C1=O. The van der Waals surface area contributed by atoms with Gasteiger partial charge in [0.2, 0.25) is 0 Å². The molecule has 0 fully saturated rings. The van der Waals surface area contributed by atoms with Crippen molar-refractivity contribution in [2.24, 2.45) is 0 Å². The Hall–Kier alpha value is -1.96. The Morgan fingerprint density at radius 1 is 1.00 bits per heavy atom. The Bertz CT molecular complexity index is 905. The van der Waals surface area contributed by atoms with Crippen LogP contribution in [0, 0.1) is 0 Å². The second kappa shape index (κ2) is 7.58. The average Bonchev–Trinajstić information content (AvgIpc) is 2.85. The van der Waals surface area contributed by atoms with Gasteiger partial charge in [-0.15, -0.1) is 0 Å². The quantitative estimate of drug-likeness (QED) is 0.308. The first kappa shape index (κ1) is 19.8. The van der Waals surface area contributed by atoms with Crippen LogP contribution in [0.25, 0.3) is 0 Å². The Labute approximate surface area is 163 Å². The zero-order valence-corrected chi connectivity index (χ0v) is 17.1. The summed E-state index contributed by atoms with van der Waals surface area (Å²) in [6.07, 6.45) is 3.41. The minimum absolute atomic E-state index is 0.103. The Kier molecular flexibility index (Phi) is 5.55. The molecule has 2 unspecified atom stereocenters. The van der Waals surface area contributed by atoms with Crippen molar-refractivity contribution in [2.45, 2.75) is 10.9 Å². The first-order valence-electron chi connectivity index (χ1n) is 7.95. The van der Waals surface area contributed by atoms with Crippen molar-refractivity contribution in [1.29, 1.82) is 0 Å². The van der Waals surface area contributed by atoms with Crippen LogP contribution in [0.15, 0.2) is 54.6 Å². The average molecular weight is 452 g/mol. The summed E-state index contributed by atoms with van der Waals surface area (Å²) in [4.78, 5) is 39.7. The molecule has 0 amide bonds. The zero-order valence-electron chi connectivity index (χ0n) is 14.6. The van der Waals surface area contributed by atoms with E-state index in [0.29, 0.717) is 5.56 Å². The van der Waals surface area contributed by atoms with Gasteiger partial charge in [-0.1, -0.05) is 0 Å². The molecule has 2 atom stereocenters. The second-order valence-corrected chi connectivity index (χ2v) is 9.72. The zero-order chi connectivity index (χ0) is 19.8. The van der Waals surface area contributed by atoms with Crippen LogP contribution in [0.3, 0.4) is 0 Å². The molecule has 0 saturated carbocycles. The third kappa shape index (κ3) is 3.24. The minimum atomic E-state index is -3.93. The van der Waals surface area contributed by atoms with E-state index in [1.807, 2.05) is 0 Å². The van der Waals surface area contributed by atoms with Crippen molar-refractivity contribution in [3.8, 4) is 0 Å². The fourth-order valence-corrected chi connectivity index (χ4v) is 5.96. The van der Waals surface area contributed by atoms with Gasteiger partial charge in [0.05, 0.1) is 0 Å². The maximum absolute atomic E-state index is 13.3. The molecule has 0 spiro atoms. The number of hydrogen-bond donors (Lipinski definition) is 1. The van der Waals surface area contributed by atoms with E-state index >= 15 is 0 Å². The molecule has 8 heteroatoms. The molecule has 0 aliphatic heterocycles. The summed E-state index contributed by atoms with van der Waals surface area (Å²) >= 11 is -3.93. The van der Waals surface area contributed by atoms with E-state index in [1.54, 1.807) is 55.0 Å². The molecular formula is C19H17O6SSe+. The third-order valence-electron chi connectivity index (χ3n) is 4.43. The number of benzene rings is 2. The molecule has 1 aliphatic carbocycles. The fourth-order valence-electron chi connectivity index (χ4n) is 3.34. The van der Waals surface area contributed by atoms with Crippen LogP contribution in [-0.4, -0.2) is 59.4 Å². The molecule has 3 rings (SSSR count). The van der Waals surface area contributed by atoms with E-state index in [2.05, 4.69) is 0 Å². The molecular weight excluding hydrogens is 435 g/mol. The standard InChI is InChI=1S/C19H16O6SSe/c1-26(2)18(15(20)12-8-4-3-5-9-12)19(25-27(23)24)16(21)13-10-6-7-11-14(13)17(19)22/h3-11,18H,1-2H3/p+1. The van der Waals surface area contributed by atoms with Crippen molar-refractivity contribution in [3.05, 3.63) is 71.3 Å². The molecule has 6 nitrogen and oxygen atoms in total. The van der Waals surface area contributed by atoms with Crippen LogP contribution < -0.4 is 0 Å². The predicted octanol–water partition coefficient (Wildman–Crippen LogP) is 1.36. The first-order chi connectivity index (χ1) is 12.8. The Morgan fingerprint density at radius 2 is 1.48 bits per heavy atom. The number of ketones is 3. The van der Waals surface area contributed by atoms with Crippen molar-refractivity contribution in [1.82, 2.24) is 0 Å². The van der Waals surface area contributed by atoms with Gasteiger partial charge in [0, 0.05) is 0 Å². The summed E-state index contributed by atoms with van der Waals surface area (Å²) in [6, 6.07) is 14.4. The van der Waals surface area contributed by atoms with Crippen molar-refractivity contribution >= 4 is 42.7 Å². The normalized spacial score (nSPS) is 17.6. The molecule has 1 N–H and O–H groups in total. The van der Waals surface area contributed by atoms with Crippen LogP contribution in [0.5, 0.6) is 0 Å². The molecule has 27 heavy (non-hydrogen) atoms. The predicted molar refractivity (Wildman–Crippen MR) is 101 cm³/mol. The number of rotatable bonds is 6. The van der Waals surface area contributed by atoms with Crippen LogP contribution >= 0.6 is 0 Å². The van der Waals surface area contributed by atoms with Crippen molar-refractivity contribution in [3.63, 3.8) is 0 Å². The van der Waals surface area contributed by atoms with Crippen molar-refractivity contribution in [2.75, 3.05) is 12.5 Å². The summed E-state index contributed by atoms with van der Waals surface area (Å²) in [5.41, 5.74) is -1.80. The number of Topliss-reactive ketones (excluding diaryl/α,β-unsaturated/α-hetero) is 3. The molecule has 0 bridgehead atoms. The maximum atomic E-state index is 13.3. The van der Waals surface area contributed by atoms with Crippen molar-refractivity contribution < 1.29 is 26.2 Å². The van der Waals surface area contributed by atoms with Gasteiger partial charge in [0.15, 0.2) is 0 Å². The number of carbonyl (C=O) groups is 3. The van der Waals surface area contributed by atoms with E-state index in [9.17, 15) is 22.4 Å². The summed E-state index contributed by atoms with van der Waals surface area (Å²) in [6.45, 7) is 0. The molecule has 0 radical (unpaired) electrons. The van der Waals surface area contributed by atoms with E-state index in [4.69, 9.17) is 3.82 Å². The van der Waals surface area contributed by atoms with Gasteiger partial charge in [-0.2, -0.15) is 0 Å².